The highest BCUT2D eigenvalue weighted by Gasteiger charge is 2.31. The van der Waals surface area contributed by atoms with E-state index >= 15 is 0 Å². The fourth-order valence-corrected chi connectivity index (χ4v) is 3.30. The molecule has 144 valence electrons. The zero-order chi connectivity index (χ0) is 19.4. The largest absolute Gasteiger partial charge is 0.416 e. The van der Waals surface area contributed by atoms with Crippen LogP contribution >= 0.6 is 15.9 Å². The zero-order valence-corrected chi connectivity index (χ0v) is 16.1. The van der Waals surface area contributed by atoms with Crippen LogP contribution in [0.4, 0.5) is 13.2 Å². The molecular weight excluding hydrogens is 423 g/mol. The molecule has 0 aliphatic carbocycles. The number of benzene rings is 2. The molecule has 7 heteroatoms. The number of alkyl halides is 3. The lowest BCUT2D eigenvalue weighted by atomic mass is 10.1. The second-order valence-electron chi connectivity index (χ2n) is 6.53. The maximum absolute atomic E-state index is 12.7. The van der Waals surface area contributed by atoms with Crippen molar-refractivity contribution in [3.63, 3.8) is 0 Å². The molecule has 3 rings (SSSR count). The number of amides is 1. The fraction of sp³-hybridized carbons (Fsp3) is 0.350. The molecule has 0 spiro atoms. The van der Waals surface area contributed by atoms with Gasteiger partial charge >= 0.3 is 6.18 Å². The van der Waals surface area contributed by atoms with Crippen LogP contribution in [0, 0.1) is 0 Å². The predicted octanol–water partition coefficient (Wildman–Crippen LogP) is 5.29. The third kappa shape index (κ3) is 5.32. The van der Waals surface area contributed by atoms with Gasteiger partial charge in [-0.05, 0) is 54.8 Å². The Hall–Kier alpha value is -1.86. The first-order chi connectivity index (χ1) is 12.8. The van der Waals surface area contributed by atoms with Gasteiger partial charge in [-0.3, -0.25) is 4.79 Å². The number of ether oxygens (including phenoxy) is 1. The molecule has 3 nitrogen and oxygen atoms in total. The van der Waals surface area contributed by atoms with Crippen LogP contribution in [0.25, 0.3) is 0 Å². The molecule has 1 aliphatic rings. The number of hydrogen-bond donors (Lipinski definition) is 0. The molecule has 0 N–H and O–H groups in total. The standard InChI is InChI=1S/C20H19BrF3NO2/c21-17-9-3-14(4-10-17)13-27-18-2-1-11-25(12-18)19(26)15-5-7-16(8-6-15)20(22,23)24/h3-10,18H,1-2,11-13H2/t18-/m1/s1. The highest BCUT2D eigenvalue weighted by molar-refractivity contribution is 9.10. The maximum Gasteiger partial charge on any atom is 0.416 e. The van der Waals surface area contributed by atoms with Gasteiger partial charge in [0.05, 0.1) is 18.3 Å². The van der Waals surface area contributed by atoms with Crippen LogP contribution in [0.1, 0.15) is 34.3 Å². The first-order valence-electron chi connectivity index (χ1n) is 8.65. The minimum atomic E-state index is -4.40. The quantitative estimate of drug-likeness (QED) is 0.644. The first kappa shape index (κ1) is 19.9. The van der Waals surface area contributed by atoms with Gasteiger partial charge in [-0.1, -0.05) is 28.1 Å². The molecule has 1 heterocycles. The van der Waals surface area contributed by atoms with E-state index in [1.165, 1.54) is 12.1 Å². The highest BCUT2D eigenvalue weighted by atomic mass is 79.9. The molecule has 0 aromatic heterocycles. The summed E-state index contributed by atoms with van der Waals surface area (Å²) in [7, 11) is 0. The average Bonchev–Trinajstić information content (AvgIpc) is 2.67. The summed E-state index contributed by atoms with van der Waals surface area (Å²) in [6.45, 7) is 1.48. The number of carbonyl (C=O) groups is 1. The van der Waals surface area contributed by atoms with Crippen LogP contribution in [0.3, 0.4) is 0 Å². The summed E-state index contributed by atoms with van der Waals surface area (Å²) >= 11 is 3.39. The summed E-state index contributed by atoms with van der Waals surface area (Å²) in [5, 5.41) is 0. The number of hydrogen-bond acceptors (Lipinski definition) is 2. The van der Waals surface area contributed by atoms with Gasteiger partial charge in [-0.2, -0.15) is 13.2 Å². The van der Waals surface area contributed by atoms with Crippen molar-refractivity contribution in [3.05, 3.63) is 69.7 Å². The summed E-state index contributed by atoms with van der Waals surface area (Å²) in [5.41, 5.74) is 0.550. The second-order valence-corrected chi connectivity index (χ2v) is 7.44. The van der Waals surface area contributed by atoms with Crippen molar-refractivity contribution in [2.24, 2.45) is 0 Å². The molecule has 1 atom stereocenters. The number of carbonyl (C=O) groups excluding carboxylic acids is 1. The molecule has 0 radical (unpaired) electrons. The van der Waals surface area contributed by atoms with Crippen molar-refractivity contribution in [3.8, 4) is 0 Å². The molecule has 1 aliphatic heterocycles. The normalized spacial score (nSPS) is 17.8. The molecule has 1 amide bonds. The molecular formula is C20H19BrF3NO2. The van der Waals surface area contributed by atoms with Gasteiger partial charge in [-0.25, -0.2) is 0 Å². The Labute approximate surface area is 164 Å². The Morgan fingerprint density at radius 1 is 1.11 bits per heavy atom. The van der Waals surface area contributed by atoms with Crippen molar-refractivity contribution in [1.82, 2.24) is 4.90 Å². The Morgan fingerprint density at radius 3 is 2.41 bits per heavy atom. The Morgan fingerprint density at radius 2 is 1.78 bits per heavy atom. The highest BCUT2D eigenvalue weighted by Crippen LogP contribution is 2.29. The minimum Gasteiger partial charge on any atom is -0.372 e. The Kier molecular flexibility index (Phi) is 6.22. The summed E-state index contributed by atoms with van der Waals surface area (Å²) in [6, 6.07) is 12.2. The predicted molar refractivity (Wildman–Crippen MR) is 99.3 cm³/mol. The van der Waals surface area contributed by atoms with Crippen LogP contribution in [0.2, 0.25) is 0 Å². The number of piperidine rings is 1. The SMILES string of the molecule is O=C(c1ccc(C(F)(F)F)cc1)N1CCC[C@@H](OCc2ccc(Br)cc2)C1. The van der Waals surface area contributed by atoms with E-state index in [-0.39, 0.29) is 17.6 Å². The summed E-state index contributed by atoms with van der Waals surface area (Å²) in [6.07, 6.45) is -2.83. The van der Waals surface area contributed by atoms with Crippen molar-refractivity contribution in [2.45, 2.75) is 31.7 Å². The number of halogens is 4. The van der Waals surface area contributed by atoms with E-state index in [1.54, 1.807) is 4.90 Å². The van der Waals surface area contributed by atoms with Gasteiger partial charge in [0.25, 0.3) is 5.91 Å². The Bertz CT molecular complexity index is 775. The topological polar surface area (TPSA) is 29.5 Å². The van der Waals surface area contributed by atoms with Gasteiger partial charge in [-0.15, -0.1) is 0 Å². The number of likely N-dealkylation sites (tertiary alicyclic amines) is 1. The zero-order valence-electron chi connectivity index (χ0n) is 14.5. The van der Waals surface area contributed by atoms with E-state index in [0.29, 0.717) is 19.7 Å². The molecule has 0 bridgehead atoms. The Balaban J connectivity index is 1.58. The van der Waals surface area contributed by atoms with Gasteiger partial charge in [0, 0.05) is 23.1 Å². The van der Waals surface area contributed by atoms with Crippen molar-refractivity contribution < 1.29 is 22.7 Å². The van der Waals surface area contributed by atoms with Gasteiger partial charge in [0.2, 0.25) is 0 Å². The maximum atomic E-state index is 12.7. The molecule has 0 unspecified atom stereocenters. The minimum absolute atomic E-state index is 0.0826. The van der Waals surface area contributed by atoms with Crippen molar-refractivity contribution in [2.75, 3.05) is 13.1 Å². The van der Waals surface area contributed by atoms with Crippen LogP contribution in [0.15, 0.2) is 53.0 Å². The second kappa shape index (κ2) is 8.44. The molecule has 2 aromatic carbocycles. The van der Waals surface area contributed by atoms with Crippen LogP contribution in [-0.4, -0.2) is 30.0 Å². The third-order valence-electron chi connectivity index (χ3n) is 4.52. The summed E-state index contributed by atoms with van der Waals surface area (Å²) in [5.74, 6) is -0.263. The van der Waals surface area contributed by atoms with Gasteiger partial charge < -0.3 is 9.64 Å². The smallest absolute Gasteiger partial charge is 0.372 e. The van der Waals surface area contributed by atoms with E-state index in [0.717, 1.165) is 35.0 Å². The lowest BCUT2D eigenvalue weighted by Gasteiger charge is -2.32. The van der Waals surface area contributed by atoms with E-state index in [2.05, 4.69) is 15.9 Å². The van der Waals surface area contributed by atoms with Crippen molar-refractivity contribution >= 4 is 21.8 Å². The summed E-state index contributed by atoms with van der Waals surface area (Å²) < 4.78 is 44.9. The lowest BCUT2D eigenvalue weighted by Crippen LogP contribution is -2.43. The van der Waals surface area contributed by atoms with E-state index in [4.69, 9.17) is 4.74 Å². The molecule has 27 heavy (non-hydrogen) atoms. The fourth-order valence-electron chi connectivity index (χ4n) is 3.04. The van der Waals surface area contributed by atoms with E-state index in [9.17, 15) is 18.0 Å². The molecule has 1 fully saturated rings. The molecule has 0 saturated carbocycles. The molecule has 2 aromatic rings. The lowest BCUT2D eigenvalue weighted by molar-refractivity contribution is -0.137. The number of rotatable bonds is 4. The van der Waals surface area contributed by atoms with E-state index < -0.39 is 11.7 Å². The average molecular weight is 442 g/mol. The van der Waals surface area contributed by atoms with Gasteiger partial charge in [0.1, 0.15) is 0 Å². The first-order valence-corrected chi connectivity index (χ1v) is 9.45. The third-order valence-corrected chi connectivity index (χ3v) is 5.05. The van der Waals surface area contributed by atoms with E-state index in [1.807, 2.05) is 24.3 Å². The van der Waals surface area contributed by atoms with Crippen LogP contribution < -0.4 is 0 Å². The summed E-state index contributed by atoms with van der Waals surface area (Å²) in [4.78, 5) is 14.3. The van der Waals surface area contributed by atoms with Crippen molar-refractivity contribution in [1.29, 1.82) is 0 Å². The monoisotopic (exact) mass is 441 g/mol. The van der Waals surface area contributed by atoms with Crippen LogP contribution in [-0.2, 0) is 17.5 Å². The van der Waals surface area contributed by atoms with Crippen LogP contribution in [0.5, 0.6) is 0 Å². The molecule has 1 saturated heterocycles. The van der Waals surface area contributed by atoms with Gasteiger partial charge in [0.15, 0.2) is 0 Å². The number of nitrogens with zero attached hydrogens (tertiary/aromatic N) is 1.